The van der Waals surface area contributed by atoms with Crippen LogP contribution < -0.4 is 0 Å². The summed E-state index contributed by atoms with van der Waals surface area (Å²) >= 11 is 9.30. The van der Waals surface area contributed by atoms with Gasteiger partial charge in [-0.25, -0.2) is 0 Å². The van der Waals surface area contributed by atoms with Crippen LogP contribution in [0.25, 0.3) is 0 Å². The lowest BCUT2D eigenvalue weighted by Gasteiger charge is -2.37. The first-order valence-corrected chi connectivity index (χ1v) is 5.92. The molecule has 3 heteroatoms. The molecular formula is C11H12BrClO. The van der Waals surface area contributed by atoms with Gasteiger partial charge in [0.25, 0.3) is 0 Å². The lowest BCUT2D eigenvalue weighted by Crippen LogP contribution is -2.38. The Bertz CT molecular complexity index is 347. The fourth-order valence-electron chi connectivity index (χ4n) is 1.78. The molecule has 0 atom stereocenters. The molecule has 76 valence electrons. The largest absolute Gasteiger partial charge is 0.390 e. The summed E-state index contributed by atoms with van der Waals surface area (Å²) in [4.78, 5) is 0. The first kappa shape index (κ1) is 10.5. The van der Waals surface area contributed by atoms with Crippen LogP contribution in [0.4, 0.5) is 0 Å². The average Bonchev–Trinajstić information content (AvgIpc) is 2.07. The molecule has 0 heterocycles. The summed E-state index contributed by atoms with van der Waals surface area (Å²) in [5.41, 5.74) is 0.674. The van der Waals surface area contributed by atoms with E-state index in [-0.39, 0.29) is 0 Å². The molecule has 0 aliphatic heterocycles. The lowest BCUT2D eigenvalue weighted by atomic mass is 9.76. The predicted octanol–water partition coefficient (Wildman–Crippen LogP) is 3.56. The van der Waals surface area contributed by atoms with Crippen LogP contribution in [0.15, 0.2) is 22.7 Å². The van der Waals surface area contributed by atoms with Crippen molar-refractivity contribution >= 4 is 27.5 Å². The van der Waals surface area contributed by atoms with E-state index in [0.29, 0.717) is 0 Å². The van der Waals surface area contributed by atoms with Gasteiger partial charge in [-0.2, -0.15) is 0 Å². The van der Waals surface area contributed by atoms with Gasteiger partial charge in [0, 0.05) is 15.9 Å². The highest BCUT2D eigenvalue weighted by molar-refractivity contribution is 9.10. The zero-order chi connectivity index (χ0) is 10.2. The van der Waals surface area contributed by atoms with Crippen molar-refractivity contribution in [2.24, 2.45) is 0 Å². The highest BCUT2D eigenvalue weighted by Crippen LogP contribution is 2.36. The summed E-state index contributed by atoms with van der Waals surface area (Å²) in [6.45, 7) is 0. The Hall–Kier alpha value is -0.0500. The van der Waals surface area contributed by atoms with Crippen LogP contribution in [0.1, 0.15) is 24.8 Å². The van der Waals surface area contributed by atoms with Gasteiger partial charge < -0.3 is 5.11 Å². The predicted molar refractivity (Wildman–Crippen MR) is 61.7 cm³/mol. The standard InChI is InChI=1S/C11H12BrClO/c12-10-6-9(13)3-2-8(10)7-11(14)4-1-5-11/h2-3,6,14H,1,4-5,7H2. The molecular weight excluding hydrogens is 263 g/mol. The highest BCUT2D eigenvalue weighted by atomic mass is 79.9. The van der Waals surface area contributed by atoms with Crippen molar-refractivity contribution in [2.75, 3.05) is 0 Å². The SMILES string of the molecule is OC1(Cc2ccc(Cl)cc2Br)CCC1. The number of halogens is 2. The van der Waals surface area contributed by atoms with Gasteiger partial charge in [-0.15, -0.1) is 0 Å². The van der Waals surface area contributed by atoms with E-state index in [1.807, 2.05) is 18.2 Å². The third-order valence-corrected chi connectivity index (χ3v) is 3.79. The van der Waals surface area contributed by atoms with Crippen LogP contribution in [-0.4, -0.2) is 10.7 Å². The van der Waals surface area contributed by atoms with Gasteiger partial charge in [0.1, 0.15) is 0 Å². The molecule has 0 saturated heterocycles. The van der Waals surface area contributed by atoms with Crippen LogP contribution >= 0.6 is 27.5 Å². The third-order valence-electron chi connectivity index (χ3n) is 2.82. The molecule has 1 aromatic carbocycles. The summed E-state index contributed by atoms with van der Waals surface area (Å²) < 4.78 is 0.991. The molecule has 1 N–H and O–H groups in total. The van der Waals surface area contributed by atoms with E-state index in [2.05, 4.69) is 15.9 Å². The topological polar surface area (TPSA) is 20.2 Å². The summed E-state index contributed by atoms with van der Waals surface area (Å²) in [5.74, 6) is 0. The second kappa shape index (κ2) is 3.84. The van der Waals surface area contributed by atoms with Gasteiger partial charge in [0.05, 0.1) is 5.60 Å². The van der Waals surface area contributed by atoms with E-state index < -0.39 is 5.60 Å². The average molecular weight is 276 g/mol. The summed E-state index contributed by atoms with van der Waals surface area (Å²) in [6, 6.07) is 5.71. The van der Waals surface area contributed by atoms with Gasteiger partial charge in [-0.05, 0) is 37.0 Å². The third kappa shape index (κ3) is 2.13. The maximum atomic E-state index is 10.0. The first-order valence-electron chi connectivity index (χ1n) is 4.75. The maximum absolute atomic E-state index is 10.0. The van der Waals surface area contributed by atoms with Gasteiger partial charge in [-0.1, -0.05) is 33.6 Å². The van der Waals surface area contributed by atoms with Crippen molar-refractivity contribution in [1.29, 1.82) is 0 Å². The molecule has 0 spiro atoms. The Morgan fingerprint density at radius 2 is 2.14 bits per heavy atom. The molecule has 0 bridgehead atoms. The minimum absolute atomic E-state index is 0.462. The molecule has 0 amide bonds. The van der Waals surface area contributed by atoms with E-state index >= 15 is 0 Å². The fraction of sp³-hybridized carbons (Fsp3) is 0.455. The van der Waals surface area contributed by atoms with Crippen molar-refractivity contribution in [3.05, 3.63) is 33.3 Å². The summed E-state index contributed by atoms with van der Waals surface area (Å²) in [7, 11) is 0. The minimum atomic E-state index is -0.462. The van der Waals surface area contributed by atoms with Crippen LogP contribution in [0.5, 0.6) is 0 Å². The van der Waals surface area contributed by atoms with E-state index in [1.54, 1.807) is 0 Å². The van der Waals surface area contributed by atoms with E-state index in [4.69, 9.17) is 11.6 Å². The molecule has 1 aliphatic carbocycles. The van der Waals surface area contributed by atoms with Crippen LogP contribution in [0.3, 0.4) is 0 Å². The van der Waals surface area contributed by atoms with Crippen molar-refractivity contribution in [3.8, 4) is 0 Å². The highest BCUT2D eigenvalue weighted by Gasteiger charge is 2.34. The van der Waals surface area contributed by atoms with Gasteiger partial charge in [0.2, 0.25) is 0 Å². The number of benzene rings is 1. The Labute approximate surface area is 97.2 Å². The van der Waals surface area contributed by atoms with Crippen molar-refractivity contribution in [2.45, 2.75) is 31.3 Å². The molecule has 0 aromatic heterocycles. The molecule has 1 fully saturated rings. The van der Waals surface area contributed by atoms with Crippen molar-refractivity contribution in [3.63, 3.8) is 0 Å². The minimum Gasteiger partial charge on any atom is -0.390 e. The Kier molecular flexibility index (Phi) is 2.87. The Balaban J connectivity index is 2.16. The smallest absolute Gasteiger partial charge is 0.0688 e. The number of rotatable bonds is 2. The van der Waals surface area contributed by atoms with Gasteiger partial charge in [-0.3, -0.25) is 0 Å². The molecule has 1 saturated carbocycles. The maximum Gasteiger partial charge on any atom is 0.0688 e. The van der Waals surface area contributed by atoms with Crippen molar-refractivity contribution in [1.82, 2.24) is 0 Å². The number of hydrogen-bond donors (Lipinski definition) is 1. The normalized spacial score (nSPS) is 19.1. The zero-order valence-corrected chi connectivity index (χ0v) is 10.1. The second-order valence-corrected chi connectivity index (χ2v) is 5.28. The Morgan fingerprint density at radius 3 is 2.64 bits per heavy atom. The molecule has 0 unspecified atom stereocenters. The first-order chi connectivity index (χ1) is 6.59. The second-order valence-electron chi connectivity index (χ2n) is 3.99. The van der Waals surface area contributed by atoms with E-state index in [9.17, 15) is 5.11 Å². The molecule has 2 rings (SSSR count). The molecule has 1 nitrogen and oxygen atoms in total. The summed E-state index contributed by atoms with van der Waals surface area (Å²) in [5, 5.41) is 10.7. The summed E-state index contributed by atoms with van der Waals surface area (Å²) in [6.07, 6.45) is 3.70. The van der Waals surface area contributed by atoms with Crippen molar-refractivity contribution < 1.29 is 5.11 Å². The van der Waals surface area contributed by atoms with Crippen LogP contribution in [0, 0.1) is 0 Å². The quantitative estimate of drug-likeness (QED) is 0.875. The number of aliphatic hydroxyl groups is 1. The van der Waals surface area contributed by atoms with Gasteiger partial charge >= 0.3 is 0 Å². The monoisotopic (exact) mass is 274 g/mol. The zero-order valence-electron chi connectivity index (χ0n) is 7.76. The van der Waals surface area contributed by atoms with E-state index in [0.717, 1.165) is 40.7 Å². The van der Waals surface area contributed by atoms with Crippen LogP contribution in [-0.2, 0) is 6.42 Å². The Morgan fingerprint density at radius 1 is 1.43 bits per heavy atom. The van der Waals surface area contributed by atoms with Crippen LogP contribution in [0.2, 0.25) is 5.02 Å². The molecule has 1 aliphatic rings. The lowest BCUT2D eigenvalue weighted by molar-refractivity contribution is -0.0324. The van der Waals surface area contributed by atoms with E-state index in [1.165, 1.54) is 0 Å². The number of hydrogen-bond acceptors (Lipinski definition) is 1. The molecule has 14 heavy (non-hydrogen) atoms. The van der Waals surface area contributed by atoms with Gasteiger partial charge in [0.15, 0.2) is 0 Å². The molecule has 1 aromatic rings. The fourth-order valence-corrected chi connectivity index (χ4v) is 2.60. The molecule has 0 radical (unpaired) electrons.